The van der Waals surface area contributed by atoms with Crippen LogP contribution in [-0.4, -0.2) is 41.5 Å². The van der Waals surface area contributed by atoms with E-state index >= 15 is 0 Å². The Hall–Kier alpha value is -3.16. The molecule has 0 radical (unpaired) electrons. The number of amides is 1. The van der Waals surface area contributed by atoms with Gasteiger partial charge in [-0.25, -0.2) is 9.37 Å². The number of fused-ring (bicyclic) bond motifs is 1. The number of pyridine rings is 1. The molecule has 1 aliphatic rings. The predicted molar refractivity (Wildman–Crippen MR) is 94.1 cm³/mol. The Morgan fingerprint density at radius 2 is 1.92 bits per heavy atom. The van der Waals surface area contributed by atoms with Crippen molar-refractivity contribution in [3.63, 3.8) is 0 Å². The number of H-pyrrole nitrogens is 1. The molecule has 1 saturated carbocycles. The maximum atomic E-state index is 13.0. The molecule has 2 atom stereocenters. The van der Waals surface area contributed by atoms with Gasteiger partial charge in [-0.05, 0) is 30.7 Å². The number of hydrogen-bond donors (Lipinski definition) is 2. The third-order valence-electron chi connectivity index (χ3n) is 4.40. The van der Waals surface area contributed by atoms with E-state index in [1.54, 1.807) is 26.4 Å². The average Bonchev–Trinajstić information content (AvgIpc) is 3.25. The molecule has 134 valence electrons. The van der Waals surface area contributed by atoms with Gasteiger partial charge >= 0.3 is 0 Å². The molecule has 2 aromatic heterocycles. The van der Waals surface area contributed by atoms with Crippen LogP contribution in [0.3, 0.4) is 0 Å². The van der Waals surface area contributed by atoms with Crippen molar-refractivity contribution < 1.29 is 18.7 Å². The Kier molecular flexibility index (Phi) is 3.95. The summed E-state index contributed by atoms with van der Waals surface area (Å²) < 4.78 is 23.9. The SMILES string of the molecule is COc1cccc(OC)c1-c1[nH]nc2nc(NC(=O)[C@@H]3C[C@@H]3F)ccc12. The van der Waals surface area contributed by atoms with E-state index in [1.165, 1.54) is 0 Å². The van der Waals surface area contributed by atoms with Crippen LogP contribution in [0.15, 0.2) is 30.3 Å². The summed E-state index contributed by atoms with van der Waals surface area (Å²) in [7, 11) is 3.16. The van der Waals surface area contributed by atoms with Gasteiger partial charge in [0.2, 0.25) is 5.91 Å². The number of benzene rings is 1. The lowest BCUT2D eigenvalue weighted by Gasteiger charge is -2.11. The molecule has 0 aliphatic heterocycles. The van der Waals surface area contributed by atoms with Gasteiger partial charge in [0.05, 0.1) is 31.4 Å². The highest BCUT2D eigenvalue weighted by molar-refractivity contribution is 5.98. The monoisotopic (exact) mass is 356 g/mol. The minimum Gasteiger partial charge on any atom is -0.496 e. The van der Waals surface area contributed by atoms with E-state index in [0.29, 0.717) is 28.7 Å². The Morgan fingerprint density at radius 3 is 2.54 bits per heavy atom. The van der Waals surface area contributed by atoms with Crippen LogP contribution in [0.4, 0.5) is 10.2 Å². The maximum Gasteiger partial charge on any atom is 0.231 e. The predicted octanol–water partition coefficient (Wildman–Crippen LogP) is 2.94. The molecule has 1 amide bonds. The number of carbonyl (C=O) groups excluding carboxylic acids is 1. The topological polar surface area (TPSA) is 89.1 Å². The van der Waals surface area contributed by atoms with E-state index in [1.807, 2.05) is 18.2 Å². The summed E-state index contributed by atoms with van der Waals surface area (Å²) in [6.07, 6.45) is -0.775. The fourth-order valence-corrected chi connectivity index (χ4v) is 2.91. The van der Waals surface area contributed by atoms with Crippen LogP contribution in [0, 0.1) is 5.92 Å². The lowest BCUT2D eigenvalue weighted by molar-refractivity contribution is -0.117. The van der Waals surface area contributed by atoms with Crippen LogP contribution in [-0.2, 0) is 4.79 Å². The van der Waals surface area contributed by atoms with E-state index < -0.39 is 12.1 Å². The summed E-state index contributed by atoms with van der Waals surface area (Å²) >= 11 is 0. The van der Waals surface area contributed by atoms with E-state index in [2.05, 4.69) is 20.5 Å². The van der Waals surface area contributed by atoms with Crippen molar-refractivity contribution in [1.29, 1.82) is 0 Å². The molecule has 4 rings (SSSR count). The van der Waals surface area contributed by atoms with Gasteiger partial charge in [-0.2, -0.15) is 5.10 Å². The summed E-state index contributed by atoms with van der Waals surface area (Å²) in [5.41, 5.74) is 1.86. The zero-order valence-electron chi connectivity index (χ0n) is 14.2. The van der Waals surface area contributed by atoms with Crippen LogP contribution < -0.4 is 14.8 Å². The number of alkyl halides is 1. The normalized spacial score (nSPS) is 18.6. The molecule has 2 heterocycles. The lowest BCUT2D eigenvalue weighted by atomic mass is 10.1. The van der Waals surface area contributed by atoms with E-state index in [0.717, 1.165) is 10.9 Å². The first-order chi connectivity index (χ1) is 12.6. The number of aromatic nitrogens is 3. The summed E-state index contributed by atoms with van der Waals surface area (Å²) in [5.74, 6) is 0.684. The second kappa shape index (κ2) is 6.29. The first-order valence-electron chi connectivity index (χ1n) is 8.13. The number of halogens is 1. The van der Waals surface area contributed by atoms with Crippen LogP contribution in [0.25, 0.3) is 22.3 Å². The first kappa shape index (κ1) is 16.3. The second-order valence-corrected chi connectivity index (χ2v) is 6.05. The fourth-order valence-electron chi connectivity index (χ4n) is 2.91. The molecule has 0 bridgehead atoms. The maximum absolute atomic E-state index is 13.0. The lowest BCUT2D eigenvalue weighted by Crippen LogP contribution is -2.15. The van der Waals surface area contributed by atoms with Crippen LogP contribution in [0.2, 0.25) is 0 Å². The molecule has 8 heteroatoms. The molecule has 7 nitrogen and oxygen atoms in total. The smallest absolute Gasteiger partial charge is 0.231 e. The van der Waals surface area contributed by atoms with Gasteiger partial charge < -0.3 is 14.8 Å². The van der Waals surface area contributed by atoms with Crippen molar-refractivity contribution in [2.45, 2.75) is 12.6 Å². The van der Waals surface area contributed by atoms with Crippen molar-refractivity contribution >= 4 is 22.8 Å². The minimum atomic E-state index is -1.05. The third kappa shape index (κ3) is 2.73. The molecule has 1 aromatic carbocycles. The van der Waals surface area contributed by atoms with Gasteiger partial charge in [0.25, 0.3) is 0 Å². The van der Waals surface area contributed by atoms with Crippen molar-refractivity contribution in [1.82, 2.24) is 15.2 Å². The number of rotatable bonds is 5. The number of nitrogens with zero attached hydrogens (tertiary/aromatic N) is 2. The average molecular weight is 356 g/mol. The third-order valence-corrected chi connectivity index (χ3v) is 4.40. The Bertz CT molecular complexity index is 965. The van der Waals surface area contributed by atoms with Crippen molar-refractivity contribution in [2.75, 3.05) is 19.5 Å². The number of anilines is 1. The number of methoxy groups -OCH3 is 2. The molecule has 1 aliphatic carbocycles. The van der Waals surface area contributed by atoms with Crippen LogP contribution >= 0.6 is 0 Å². The second-order valence-electron chi connectivity index (χ2n) is 6.05. The zero-order chi connectivity index (χ0) is 18.3. The summed E-state index contributed by atoms with van der Waals surface area (Å²) in [5, 5.41) is 10.6. The van der Waals surface area contributed by atoms with Crippen molar-refractivity contribution in [2.24, 2.45) is 5.92 Å². The molecule has 0 spiro atoms. The summed E-state index contributed by atoms with van der Waals surface area (Å²) in [6.45, 7) is 0. The Balaban J connectivity index is 1.72. The number of carbonyl (C=O) groups is 1. The highest BCUT2D eigenvalue weighted by atomic mass is 19.1. The number of hydrogen-bond acceptors (Lipinski definition) is 5. The van der Waals surface area contributed by atoms with Gasteiger partial charge in [0, 0.05) is 5.39 Å². The highest BCUT2D eigenvalue weighted by Gasteiger charge is 2.43. The zero-order valence-corrected chi connectivity index (χ0v) is 14.2. The Morgan fingerprint density at radius 1 is 1.23 bits per heavy atom. The summed E-state index contributed by atoms with van der Waals surface area (Å²) in [6, 6.07) is 8.95. The molecule has 2 N–H and O–H groups in total. The van der Waals surface area contributed by atoms with E-state index in [4.69, 9.17) is 9.47 Å². The van der Waals surface area contributed by atoms with E-state index in [-0.39, 0.29) is 12.3 Å². The molecule has 1 fully saturated rings. The van der Waals surface area contributed by atoms with Crippen LogP contribution in [0.1, 0.15) is 6.42 Å². The van der Waals surface area contributed by atoms with Crippen LogP contribution in [0.5, 0.6) is 11.5 Å². The van der Waals surface area contributed by atoms with Gasteiger partial charge in [0.15, 0.2) is 5.65 Å². The quantitative estimate of drug-likeness (QED) is 0.734. The van der Waals surface area contributed by atoms with Crippen molar-refractivity contribution in [3.8, 4) is 22.8 Å². The molecule has 26 heavy (non-hydrogen) atoms. The van der Waals surface area contributed by atoms with Gasteiger partial charge in [-0.15, -0.1) is 0 Å². The van der Waals surface area contributed by atoms with E-state index in [9.17, 15) is 9.18 Å². The molecular weight excluding hydrogens is 339 g/mol. The largest absolute Gasteiger partial charge is 0.496 e. The molecular formula is C18H17FN4O3. The van der Waals surface area contributed by atoms with Gasteiger partial charge in [0.1, 0.15) is 23.5 Å². The van der Waals surface area contributed by atoms with Gasteiger partial charge in [-0.1, -0.05) is 6.07 Å². The molecule has 0 saturated heterocycles. The fraction of sp³-hybridized carbons (Fsp3) is 0.278. The number of ether oxygens (including phenoxy) is 2. The first-order valence-corrected chi connectivity index (χ1v) is 8.13. The molecule has 0 unspecified atom stereocenters. The number of aromatic amines is 1. The summed E-state index contributed by atoms with van der Waals surface area (Å²) in [4.78, 5) is 16.2. The highest BCUT2D eigenvalue weighted by Crippen LogP contribution is 2.40. The van der Waals surface area contributed by atoms with Crippen molar-refractivity contribution in [3.05, 3.63) is 30.3 Å². The molecule has 3 aromatic rings. The van der Waals surface area contributed by atoms with Gasteiger partial charge in [-0.3, -0.25) is 9.89 Å². The Labute approximate surface area is 148 Å². The number of nitrogens with one attached hydrogen (secondary N) is 2. The standard InChI is InChI=1S/C18H17FN4O3/c1-25-12-4-3-5-13(26-2)15(12)16-9-6-7-14(20-17(9)23-22-16)21-18(24)10-8-11(10)19/h3-7,10-11H,8H2,1-2H3,(H2,20,21,22,23,24)/t10-,11+/m1/s1. The minimum absolute atomic E-state index is 0.272.